The molecule has 0 aromatic rings. The highest BCUT2D eigenvalue weighted by atomic mass is 16.3. The quantitative estimate of drug-likeness (QED) is 0.587. The highest BCUT2D eigenvalue weighted by Gasteiger charge is 2.32. The second-order valence-corrected chi connectivity index (χ2v) is 3.88. The molecule has 4 nitrogen and oxygen atoms in total. The van der Waals surface area contributed by atoms with Gasteiger partial charge >= 0.3 is 0 Å². The van der Waals surface area contributed by atoms with Gasteiger partial charge in [-0.15, -0.1) is 0 Å². The normalized spacial score (nSPS) is 34.3. The van der Waals surface area contributed by atoms with E-state index in [1.165, 1.54) is 4.90 Å². The lowest BCUT2D eigenvalue weighted by atomic mass is 9.84. The van der Waals surface area contributed by atoms with Crippen molar-refractivity contribution in [2.75, 3.05) is 14.1 Å². The average Bonchev–Trinajstić information content (AvgIpc) is 2.08. The van der Waals surface area contributed by atoms with Gasteiger partial charge < -0.3 is 15.1 Å². The SMILES string of the molecule is CN(C)C(=O)[C@H]1CC[C@@H](O)[C@@H](O)C1. The summed E-state index contributed by atoms with van der Waals surface area (Å²) < 4.78 is 0. The Bertz CT molecular complexity index is 193. The zero-order valence-corrected chi connectivity index (χ0v) is 8.10. The van der Waals surface area contributed by atoms with E-state index < -0.39 is 12.2 Å². The van der Waals surface area contributed by atoms with Gasteiger partial charge in [-0.2, -0.15) is 0 Å². The molecule has 13 heavy (non-hydrogen) atoms. The lowest BCUT2D eigenvalue weighted by molar-refractivity contribution is -0.137. The van der Waals surface area contributed by atoms with E-state index in [0.717, 1.165) is 0 Å². The third-order valence-corrected chi connectivity index (χ3v) is 2.57. The molecule has 1 fully saturated rings. The van der Waals surface area contributed by atoms with Crippen LogP contribution in [0.2, 0.25) is 0 Å². The molecule has 0 bridgehead atoms. The predicted octanol–water partition coefficient (Wildman–Crippen LogP) is -0.404. The Hall–Kier alpha value is -0.610. The summed E-state index contributed by atoms with van der Waals surface area (Å²) in [6.45, 7) is 0. The molecule has 0 saturated heterocycles. The predicted molar refractivity (Wildman–Crippen MR) is 48.0 cm³/mol. The molecule has 1 amide bonds. The van der Waals surface area contributed by atoms with E-state index >= 15 is 0 Å². The number of aliphatic hydroxyl groups excluding tert-OH is 2. The molecule has 0 aliphatic heterocycles. The van der Waals surface area contributed by atoms with E-state index in [-0.39, 0.29) is 11.8 Å². The van der Waals surface area contributed by atoms with Crippen molar-refractivity contribution in [2.45, 2.75) is 31.5 Å². The van der Waals surface area contributed by atoms with Crippen molar-refractivity contribution in [2.24, 2.45) is 5.92 Å². The van der Waals surface area contributed by atoms with Crippen molar-refractivity contribution in [1.29, 1.82) is 0 Å². The van der Waals surface area contributed by atoms with Gasteiger partial charge in [-0.3, -0.25) is 4.79 Å². The molecule has 0 unspecified atom stereocenters. The van der Waals surface area contributed by atoms with Crippen LogP contribution < -0.4 is 0 Å². The van der Waals surface area contributed by atoms with Crippen LogP contribution in [-0.4, -0.2) is 47.3 Å². The summed E-state index contributed by atoms with van der Waals surface area (Å²) >= 11 is 0. The van der Waals surface area contributed by atoms with Crippen molar-refractivity contribution >= 4 is 5.91 Å². The molecule has 3 atom stereocenters. The lowest BCUT2D eigenvalue weighted by Crippen LogP contribution is -2.40. The zero-order valence-electron chi connectivity index (χ0n) is 8.10. The van der Waals surface area contributed by atoms with Crippen LogP contribution in [0, 0.1) is 5.92 Å². The maximum absolute atomic E-state index is 11.5. The van der Waals surface area contributed by atoms with Crippen LogP contribution in [0.1, 0.15) is 19.3 Å². The number of nitrogens with zero attached hydrogens (tertiary/aromatic N) is 1. The van der Waals surface area contributed by atoms with Gasteiger partial charge in [0, 0.05) is 20.0 Å². The first-order valence-corrected chi connectivity index (χ1v) is 4.59. The summed E-state index contributed by atoms with van der Waals surface area (Å²) in [5, 5.41) is 18.6. The number of hydrogen-bond donors (Lipinski definition) is 2. The number of carbonyl (C=O) groups excluding carboxylic acids is 1. The maximum atomic E-state index is 11.5. The molecular formula is C9H17NO3. The Balaban J connectivity index is 2.50. The first kappa shape index (κ1) is 10.5. The van der Waals surface area contributed by atoms with Gasteiger partial charge in [0.15, 0.2) is 0 Å². The van der Waals surface area contributed by atoms with E-state index in [1.807, 2.05) is 0 Å². The van der Waals surface area contributed by atoms with E-state index in [4.69, 9.17) is 0 Å². The smallest absolute Gasteiger partial charge is 0.225 e. The van der Waals surface area contributed by atoms with Crippen LogP contribution in [0.4, 0.5) is 0 Å². The third kappa shape index (κ3) is 2.42. The summed E-state index contributed by atoms with van der Waals surface area (Å²) in [6, 6.07) is 0. The molecule has 1 aliphatic rings. The van der Waals surface area contributed by atoms with E-state index in [1.54, 1.807) is 14.1 Å². The van der Waals surface area contributed by atoms with Gasteiger partial charge in [0.05, 0.1) is 12.2 Å². The molecule has 1 aliphatic carbocycles. The molecule has 0 radical (unpaired) electrons. The van der Waals surface area contributed by atoms with Crippen molar-refractivity contribution in [3.05, 3.63) is 0 Å². The van der Waals surface area contributed by atoms with E-state index in [0.29, 0.717) is 19.3 Å². The fraction of sp³-hybridized carbons (Fsp3) is 0.889. The van der Waals surface area contributed by atoms with Gasteiger partial charge in [0.2, 0.25) is 5.91 Å². The van der Waals surface area contributed by atoms with Gasteiger partial charge in [0.25, 0.3) is 0 Å². The molecule has 0 spiro atoms. The number of aliphatic hydroxyl groups is 2. The first-order valence-electron chi connectivity index (χ1n) is 4.59. The Morgan fingerprint density at radius 2 is 1.85 bits per heavy atom. The second-order valence-electron chi connectivity index (χ2n) is 3.88. The van der Waals surface area contributed by atoms with Crippen LogP contribution in [0.25, 0.3) is 0 Å². The van der Waals surface area contributed by atoms with E-state index in [2.05, 4.69) is 0 Å². The van der Waals surface area contributed by atoms with Crippen LogP contribution >= 0.6 is 0 Å². The molecule has 0 aromatic carbocycles. The third-order valence-electron chi connectivity index (χ3n) is 2.57. The molecule has 0 heterocycles. The first-order chi connectivity index (χ1) is 6.02. The maximum Gasteiger partial charge on any atom is 0.225 e. The number of rotatable bonds is 1. The molecule has 4 heteroatoms. The Labute approximate surface area is 78.2 Å². The molecule has 1 rings (SSSR count). The fourth-order valence-corrected chi connectivity index (χ4v) is 1.72. The van der Waals surface area contributed by atoms with Gasteiger partial charge in [-0.25, -0.2) is 0 Å². The van der Waals surface area contributed by atoms with Crippen molar-refractivity contribution in [3.63, 3.8) is 0 Å². The topological polar surface area (TPSA) is 60.8 Å². The summed E-state index contributed by atoms with van der Waals surface area (Å²) in [4.78, 5) is 13.0. The van der Waals surface area contributed by atoms with Gasteiger partial charge in [0.1, 0.15) is 0 Å². The number of hydrogen-bond acceptors (Lipinski definition) is 3. The second kappa shape index (κ2) is 4.07. The molecule has 76 valence electrons. The Morgan fingerprint density at radius 3 is 2.31 bits per heavy atom. The highest BCUT2D eigenvalue weighted by molar-refractivity contribution is 5.78. The summed E-state index contributed by atoms with van der Waals surface area (Å²) in [5.41, 5.74) is 0. The lowest BCUT2D eigenvalue weighted by Gasteiger charge is -2.30. The van der Waals surface area contributed by atoms with Crippen LogP contribution in [0.3, 0.4) is 0 Å². The summed E-state index contributed by atoms with van der Waals surface area (Å²) in [6.07, 6.45) is 0.201. The largest absolute Gasteiger partial charge is 0.390 e. The minimum absolute atomic E-state index is 0.0472. The standard InChI is InChI=1S/C9H17NO3/c1-10(2)9(13)6-3-4-7(11)8(12)5-6/h6-8,11-12H,3-5H2,1-2H3/t6-,7+,8-/m0/s1. The molecular weight excluding hydrogens is 170 g/mol. The van der Waals surface area contributed by atoms with Crippen molar-refractivity contribution < 1.29 is 15.0 Å². The van der Waals surface area contributed by atoms with Crippen LogP contribution in [0.5, 0.6) is 0 Å². The summed E-state index contributed by atoms with van der Waals surface area (Å²) in [5.74, 6) is -0.0700. The van der Waals surface area contributed by atoms with E-state index in [9.17, 15) is 15.0 Å². The molecule has 2 N–H and O–H groups in total. The summed E-state index contributed by atoms with van der Waals surface area (Å²) in [7, 11) is 3.42. The van der Waals surface area contributed by atoms with Gasteiger partial charge in [-0.1, -0.05) is 0 Å². The zero-order chi connectivity index (χ0) is 10.0. The number of carbonyl (C=O) groups is 1. The fourth-order valence-electron chi connectivity index (χ4n) is 1.72. The minimum atomic E-state index is -0.734. The Morgan fingerprint density at radius 1 is 1.23 bits per heavy atom. The molecule has 0 aromatic heterocycles. The molecule has 1 saturated carbocycles. The average molecular weight is 187 g/mol. The van der Waals surface area contributed by atoms with Crippen LogP contribution in [0.15, 0.2) is 0 Å². The number of amides is 1. The van der Waals surface area contributed by atoms with Crippen molar-refractivity contribution in [1.82, 2.24) is 4.90 Å². The highest BCUT2D eigenvalue weighted by Crippen LogP contribution is 2.25. The van der Waals surface area contributed by atoms with Gasteiger partial charge in [-0.05, 0) is 19.3 Å². The van der Waals surface area contributed by atoms with Crippen LogP contribution in [-0.2, 0) is 4.79 Å². The monoisotopic (exact) mass is 187 g/mol. The van der Waals surface area contributed by atoms with Crippen molar-refractivity contribution in [3.8, 4) is 0 Å². The Kier molecular flexibility index (Phi) is 3.27. The minimum Gasteiger partial charge on any atom is -0.390 e.